The minimum Gasteiger partial charge on any atom is -0.397 e. The van der Waals surface area contributed by atoms with Crippen LogP contribution in [0.15, 0.2) is 18.2 Å². The molecule has 0 radical (unpaired) electrons. The highest BCUT2D eigenvalue weighted by Gasteiger charge is 2.18. The maximum absolute atomic E-state index is 6.18. The molecule has 1 aliphatic heterocycles. The number of nitrogens with zero attached hydrogens (tertiary/aromatic N) is 1. The molecular formula is C18H30N2. The molecule has 2 nitrogen and oxygen atoms in total. The molecule has 0 saturated heterocycles. The first-order valence-corrected chi connectivity index (χ1v) is 8.45. The molecule has 2 N–H and O–H groups in total. The van der Waals surface area contributed by atoms with Crippen LogP contribution in [0.2, 0.25) is 0 Å². The van der Waals surface area contributed by atoms with E-state index >= 15 is 0 Å². The number of benzene rings is 1. The van der Waals surface area contributed by atoms with E-state index in [2.05, 4.69) is 24.0 Å². The Labute approximate surface area is 124 Å². The lowest BCUT2D eigenvalue weighted by Crippen LogP contribution is -2.31. The molecule has 20 heavy (non-hydrogen) atoms. The summed E-state index contributed by atoms with van der Waals surface area (Å²) >= 11 is 0. The van der Waals surface area contributed by atoms with Crippen LogP contribution in [-0.4, -0.2) is 13.1 Å². The third kappa shape index (κ3) is 4.16. The lowest BCUT2D eigenvalue weighted by molar-refractivity contribution is 0.576. The molecule has 1 aromatic rings. The van der Waals surface area contributed by atoms with Gasteiger partial charge in [-0.25, -0.2) is 0 Å². The number of nitrogen functional groups attached to an aromatic ring is 1. The Balaban J connectivity index is 1.75. The van der Waals surface area contributed by atoms with Crippen molar-refractivity contribution in [1.29, 1.82) is 0 Å². The number of anilines is 2. The van der Waals surface area contributed by atoms with Crippen LogP contribution in [0.1, 0.15) is 63.9 Å². The van der Waals surface area contributed by atoms with Crippen LogP contribution in [0.5, 0.6) is 0 Å². The topological polar surface area (TPSA) is 29.3 Å². The van der Waals surface area contributed by atoms with Crippen molar-refractivity contribution in [3.63, 3.8) is 0 Å². The number of nitrogens with two attached hydrogens (primary N) is 1. The summed E-state index contributed by atoms with van der Waals surface area (Å²) in [5.41, 5.74) is 9.91. The predicted molar refractivity (Wildman–Crippen MR) is 89.4 cm³/mol. The van der Waals surface area contributed by atoms with Crippen molar-refractivity contribution in [2.75, 3.05) is 23.7 Å². The van der Waals surface area contributed by atoms with Crippen LogP contribution < -0.4 is 10.6 Å². The summed E-state index contributed by atoms with van der Waals surface area (Å²) in [6.45, 7) is 4.63. The Bertz CT molecular complexity index is 400. The zero-order valence-electron chi connectivity index (χ0n) is 13.0. The van der Waals surface area contributed by atoms with Crippen molar-refractivity contribution in [3.8, 4) is 0 Å². The highest BCUT2D eigenvalue weighted by atomic mass is 15.1. The van der Waals surface area contributed by atoms with E-state index in [0.717, 1.165) is 5.69 Å². The van der Waals surface area contributed by atoms with Crippen LogP contribution in [0.4, 0.5) is 11.4 Å². The Morgan fingerprint density at radius 3 is 2.60 bits per heavy atom. The molecule has 0 amide bonds. The smallest absolute Gasteiger partial charge is 0.0632 e. The predicted octanol–water partition coefficient (Wildman–Crippen LogP) is 4.77. The monoisotopic (exact) mass is 274 g/mol. The summed E-state index contributed by atoms with van der Waals surface area (Å²) in [5, 5.41) is 0. The third-order valence-electron chi connectivity index (χ3n) is 4.37. The van der Waals surface area contributed by atoms with Gasteiger partial charge in [-0.1, -0.05) is 57.6 Å². The maximum Gasteiger partial charge on any atom is 0.0632 e. The molecule has 2 rings (SSSR count). The lowest BCUT2D eigenvalue weighted by Gasteiger charge is -2.32. The standard InChI is InChI=1S/C18H30N2/c1-2-3-4-5-6-7-8-14-20-15-10-12-16-11-9-13-17(19)18(16)20/h9,11,13H,2-8,10,12,14-15,19H2,1H3. The molecule has 2 heteroatoms. The molecule has 112 valence electrons. The van der Waals surface area contributed by atoms with E-state index in [1.54, 1.807) is 0 Å². The highest BCUT2D eigenvalue weighted by molar-refractivity contribution is 5.72. The zero-order valence-corrected chi connectivity index (χ0v) is 13.0. The highest BCUT2D eigenvalue weighted by Crippen LogP contribution is 2.32. The normalized spacial score (nSPS) is 14.3. The first kappa shape index (κ1) is 15.2. The quantitative estimate of drug-likeness (QED) is 0.546. The van der Waals surface area contributed by atoms with Gasteiger partial charge in [0.2, 0.25) is 0 Å². The summed E-state index contributed by atoms with van der Waals surface area (Å²) in [4.78, 5) is 2.51. The Hall–Kier alpha value is -1.18. The van der Waals surface area contributed by atoms with E-state index in [9.17, 15) is 0 Å². The van der Waals surface area contributed by atoms with Crippen LogP contribution in [0.3, 0.4) is 0 Å². The van der Waals surface area contributed by atoms with Gasteiger partial charge in [-0.15, -0.1) is 0 Å². The van der Waals surface area contributed by atoms with Gasteiger partial charge in [-0.2, -0.15) is 0 Å². The number of aryl methyl sites for hydroxylation is 1. The second kappa shape index (κ2) is 8.18. The number of fused-ring (bicyclic) bond motifs is 1. The Kier molecular flexibility index (Phi) is 6.23. The first-order valence-electron chi connectivity index (χ1n) is 8.45. The van der Waals surface area contributed by atoms with Gasteiger partial charge in [0.25, 0.3) is 0 Å². The summed E-state index contributed by atoms with van der Waals surface area (Å²) in [5.74, 6) is 0. The fourth-order valence-corrected chi connectivity index (χ4v) is 3.25. The molecule has 1 heterocycles. The summed E-state index contributed by atoms with van der Waals surface area (Å²) < 4.78 is 0. The van der Waals surface area contributed by atoms with Crippen LogP contribution in [-0.2, 0) is 6.42 Å². The second-order valence-electron chi connectivity index (χ2n) is 6.07. The van der Waals surface area contributed by atoms with Crippen LogP contribution in [0, 0.1) is 0 Å². The zero-order chi connectivity index (χ0) is 14.2. The fourth-order valence-electron chi connectivity index (χ4n) is 3.25. The van der Waals surface area contributed by atoms with Gasteiger partial charge in [-0.3, -0.25) is 0 Å². The number of hydrogen-bond donors (Lipinski definition) is 1. The summed E-state index contributed by atoms with van der Waals surface area (Å²) in [7, 11) is 0. The number of para-hydroxylation sites is 1. The lowest BCUT2D eigenvalue weighted by atomic mass is 10.00. The molecule has 0 bridgehead atoms. The molecular weight excluding hydrogens is 244 g/mol. The van der Waals surface area contributed by atoms with Gasteiger partial charge in [0.05, 0.1) is 11.4 Å². The number of unbranched alkanes of at least 4 members (excludes halogenated alkanes) is 6. The molecule has 0 unspecified atom stereocenters. The fraction of sp³-hybridized carbons (Fsp3) is 0.667. The SMILES string of the molecule is CCCCCCCCCN1CCCc2cccc(N)c21. The van der Waals surface area contributed by atoms with Crippen molar-refractivity contribution in [2.45, 2.75) is 64.7 Å². The average molecular weight is 274 g/mol. The molecule has 1 aliphatic rings. The molecule has 0 aliphatic carbocycles. The summed E-state index contributed by atoms with van der Waals surface area (Å²) in [6.07, 6.45) is 12.1. The largest absolute Gasteiger partial charge is 0.397 e. The van der Waals surface area contributed by atoms with Gasteiger partial charge < -0.3 is 10.6 Å². The van der Waals surface area contributed by atoms with Gasteiger partial charge in [0.15, 0.2) is 0 Å². The number of hydrogen-bond acceptors (Lipinski definition) is 2. The van der Waals surface area contributed by atoms with E-state index in [1.165, 1.54) is 82.1 Å². The molecule has 0 spiro atoms. The number of rotatable bonds is 8. The third-order valence-corrected chi connectivity index (χ3v) is 4.37. The van der Waals surface area contributed by atoms with Crippen LogP contribution in [0.25, 0.3) is 0 Å². The van der Waals surface area contributed by atoms with Crippen molar-refractivity contribution in [1.82, 2.24) is 0 Å². The van der Waals surface area contributed by atoms with E-state index < -0.39 is 0 Å². The van der Waals surface area contributed by atoms with Crippen LogP contribution >= 0.6 is 0 Å². The Morgan fingerprint density at radius 2 is 1.80 bits per heavy atom. The Morgan fingerprint density at radius 1 is 1.05 bits per heavy atom. The molecule has 1 aromatic carbocycles. The molecule has 0 saturated carbocycles. The summed E-state index contributed by atoms with van der Waals surface area (Å²) in [6, 6.07) is 6.37. The van der Waals surface area contributed by atoms with Crippen molar-refractivity contribution in [2.24, 2.45) is 0 Å². The minimum atomic E-state index is 0.963. The van der Waals surface area contributed by atoms with E-state index in [0.29, 0.717) is 0 Å². The van der Waals surface area contributed by atoms with Gasteiger partial charge in [0.1, 0.15) is 0 Å². The van der Waals surface area contributed by atoms with Gasteiger partial charge in [-0.05, 0) is 30.9 Å². The molecule has 0 fully saturated rings. The minimum absolute atomic E-state index is 0.963. The first-order chi connectivity index (χ1) is 9.83. The average Bonchev–Trinajstić information content (AvgIpc) is 2.46. The maximum atomic E-state index is 6.18. The van der Waals surface area contributed by atoms with E-state index in [-0.39, 0.29) is 0 Å². The van der Waals surface area contributed by atoms with Gasteiger partial charge >= 0.3 is 0 Å². The van der Waals surface area contributed by atoms with Crippen molar-refractivity contribution < 1.29 is 0 Å². The van der Waals surface area contributed by atoms with E-state index in [4.69, 9.17) is 5.73 Å². The van der Waals surface area contributed by atoms with Crippen molar-refractivity contribution in [3.05, 3.63) is 23.8 Å². The molecule has 0 atom stereocenters. The van der Waals surface area contributed by atoms with E-state index in [1.807, 2.05) is 6.07 Å². The second-order valence-corrected chi connectivity index (χ2v) is 6.07. The van der Waals surface area contributed by atoms with Gasteiger partial charge in [0, 0.05) is 13.1 Å². The van der Waals surface area contributed by atoms with Crippen molar-refractivity contribution >= 4 is 11.4 Å². The molecule has 0 aromatic heterocycles.